The van der Waals surface area contributed by atoms with E-state index in [9.17, 15) is 19.8 Å². The van der Waals surface area contributed by atoms with Crippen LogP contribution in [0.5, 0.6) is 0 Å². The number of amides is 2. The van der Waals surface area contributed by atoms with Crippen LogP contribution in [0.15, 0.2) is 72.8 Å². The predicted molar refractivity (Wildman–Crippen MR) is 172 cm³/mol. The second-order valence-corrected chi connectivity index (χ2v) is 11.9. The molecule has 10 nitrogen and oxygen atoms in total. The van der Waals surface area contributed by atoms with Gasteiger partial charge in [-0.2, -0.15) is 0 Å². The van der Waals surface area contributed by atoms with E-state index in [0.717, 1.165) is 41.8 Å². The Labute approximate surface area is 264 Å². The number of carbonyl (C=O) groups is 2. The first-order chi connectivity index (χ1) is 21.9. The maximum absolute atomic E-state index is 12.4. The summed E-state index contributed by atoms with van der Waals surface area (Å²) >= 11 is 0. The molecule has 240 valence electrons. The molecule has 2 heterocycles. The summed E-state index contributed by atoms with van der Waals surface area (Å²) in [5, 5.41) is 25.2. The van der Waals surface area contributed by atoms with E-state index >= 15 is 0 Å². The molecule has 5 rings (SSSR count). The molecule has 2 amide bonds. The normalized spacial score (nSPS) is 21.8. The molecule has 0 radical (unpaired) electrons. The number of unbranched alkanes of at least 4 members (excludes halogenated alkanes) is 1. The van der Waals surface area contributed by atoms with Crippen molar-refractivity contribution in [3.63, 3.8) is 0 Å². The quantitative estimate of drug-likeness (QED) is 0.142. The van der Waals surface area contributed by atoms with E-state index in [2.05, 4.69) is 15.5 Å². The lowest BCUT2D eigenvalue weighted by atomic mass is 9.99. The van der Waals surface area contributed by atoms with Crippen LogP contribution in [0.25, 0.3) is 0 Å². The SMILES string of the molecule is Nc1ccccc1NC(=O)CCCCC(=O)NCc1ccc([C@H]2O[C@@H](CN3CC[C@H](O)C3)C[C@@H](c3ccc(CO)cc3)O2)cc1. The fourth-order valence-electron chi connectivity index (χ4n) is 5.78. The van der Waals surface area contributed by atoms with Crippen molar-refractivity contribution in [1.82, 2.24) is 10.2 Å². The molecule has 6 N–H and O–H groups in total. The minimum Gasteiger partial charge on any atom is -0.397 e. The molecule has 0 spiro atoms. The number of carbonyl (C=O) groups excluding carboxylic acids is 2. The highest BCUT2D eigenvalue weighted by Gasteiger charge is 2.34. The number of para-hydroxylation sites is 2. The Morgan fingerprint density at radius 1 is 0.889 bits per heavy atom. The number of nitrogens with one attached hydrogen (secondary N) is 2. The molecule has 2 saturated heterocycles. The van der Waals surface area contributed by atoms with Crippen molar-refractivity contribution in [2.75, 3.05) is 30.7 Å². The molecular weight excluding hydrogens is 572 g/mol. The summed E-state index contributed by atoms with van der Waals surface area (Å²) in [5.74, 6) is -0.179. The van der Waals surface area contributed by atoms with Crippen LogP contribution >= 0.6 is 0 Å². The van der Waals surface area contributed by atoms with Crippen molar-refractivity contribution in [2.24, 2.45) is 0 Å². The van der Waals surface area contributed by atoms with Gasteiger partial charge in [0.05, 0.1) is 36.3 Å². The molecule has 0 saturated carbocycles. The Morgan fingerprint density at radius 3 is 2.27 bits per heavy atom. The standard InChI is InChI=1S/C35H44N4O6/c36-30-5-1-2-6-31(30)38-34(43)8-4-3-7-33(42)37-20-24-9-15-27(16-10-24)35-44-29(22-39-18-17-28(41)21-39)19-32(45-35)26-13-11-25(23-40)12-14-26/h1-2,5-6,9-16,28-29,32,35,40-41H,3-4,7-8,17-23,36H2,(H,37,42)(H,38,43)/t28-,29+,32-,35-/m0/s1. The zero-order chi connectivity index (χ0) is 31.6. The smallest absolute Gasteiger partial charge is 0.224 e. The van der Waals surface area contributed by atoms with Crippen LogP contribution in [0.2, 0.25) is 0 Å². The Hall–Kier alpha value is -3.80. The fraction of sp³-hybridized carbons (Fsp3) is 0.429. The van der Waals surface area contributed by atoms with Crippen molar-refractivity contribution in [3.05, 3.63) is 95.1 Å². The summed E-state index contributed by atoms with van der Waals surface area (Å²) in [6, 6.07) is 22.8. The lowest BCUT2D eigenvalue weighted by molar-refractivity contribution is -0.252. The average Bonchev–Trinajstić information content (AvgIpc) is 3.47. The number of aliphatic hydroxyl groups excluding tert-OH is 2. The first-order valence-corrected chi connectivity index (χ1v) is 15.8. The van der Waals surface area contributed by atoms with E-state index in [4.69, 9.17) is 15.2 Å². The van der Waals surface area contributed by atoms with Gasteiger partial charge in [-0.05, 0) is 48.1 Å². The number of hydrogen-bond donors (Lipinski definition) is 5. The number of rotatable bonds is 13. The average molecular weight is 617 g/mol. The van der Waals surface area contributed by atoms with E-state index in [-0.39, 0.29) is 36.7 Å². The number of aliphatic hydroxyl groups is 2. The van der Waals surface area contributed by atoms with E-state index in [0.29, 0.717) is 56.6 Å². The van der Waals surface area contributed by atoms with Crippen LogP contribution in [0, 0.1) is 0 Å². The summed E-state index contributed by atoms with van der Waals surface area (Å²) in [6.45, 7) is 2.62. The molecule has 2 aliphatic heterocycles. The van der Waals surface area contributed by atoms with E-state index in [1.54, 1.807) is 12.1 Å². The molecule has 3 aromatic carbocycles. The van der Waals surface area contributed by atoms with Crippen LogP contribution in [0.1, 0.15) is 73.2 Å². The van der Waals surface area contributed by atoms with Crippen LogP contribution in [0.3, 0.4) is 0 Å². The van der Waals surface area contributed by atoms with Crippen molar-refractivity contribution < 1.29 is 29.3 Å². The first-order valence-electron chi connectivity index (χ1n) is 15.8. The van der Waals surface area contributed by atoms with Gasteiger partial charge in [0.1, 0.15) is 0 Å². The third-order valence-electron chi connectivity index (χ3n) is 8.36. The highest BCUT2D eigenvalue weighted by atomic mass is 16.7. The largest absolute Gasteiger partial charge is 0.397 e. The number of nitrogen functional groups attached to an aromatic ring is 1. The van der Waals surface area contributed by atoms with Crippen LogP contribution in [-0.4, -0.2) is 58.8 Å². The van der Waals surface area contributed by atoms with Gasteiger partial charge >= 0.3 is 0 Å². The molecule has 45 heavy (non-hydrogen) atoms. The number of nitrogens with zero attached hydrogens (tertiary/aromatic N) is 1. The number of hydrogen-bond acceptors (Lipinski definition) is 8. The van der Waals surface area contributed by atoms with E-state index < -0.39 is 6.29 Å². The van der Waals surface area contributed by atoms with Crippen molar-refractivity contribution in [3.8, 4) is 0 Å². The molecule has 10 heteroatoms. The lowest BCUT2D eigenvalue weighted by Crippen LogP contribution is -2.38. The Morgan fingerprint density at radius 2 is 1.58 bits per heavy atom. The number of β-amino-alcohol motifs (C(OH)–C–C–N with tert-alkyl or cyclic N) is 1. The minimum absolute atomic E-state index is 0.00553. The summed E-state index contributed by atoms with van der Waals surface area (Å²) in [6.07, 6.45) is 2.27. The summed E-state index contributed by atoms with van der Waals surface area (Å²) in [5.41, 5.74) is 10.7. The zero-order valence-corrected chi connectivity index (χ0v) is 25.6. The van der Waals surface area contributed by atoms with Gasteiger partial charge in [0.25, 0.3) is 0 Å². The third-order valence-corrected chi connectivity index (χ3v) is 8.36. The Bertz CT molecular complexity index is 1400. The van der Waals surface area contributed by atoms with Gasteiger partial charge in [-0.15, -0.1) is 0 Å². The van der Waals surface area contributed by atoms with Gasteiger partial charge < -0.3 is 36.1 Å². The zero-order valence-electron chi connectivity index (χ0n) is 25.6. The Kier molecular flexibility index (Phi) is 11.6. The van der Waals surface area contributed by atoms with Crippen LogP contribution in [-0.2, 0) is 32.2 Å². The molecule has 4 atom stereocenters. The lowest BCUT2D eigenvalue weighted by Gasteiger charge is -2.37. The number of likely N-dealkylation sites (tertiary alicyclic amines) is 1. The fourth-order valence-corrected chi connectivity index (χ4v) is 5.78. The van der Waals surface area contributed by atoms with Gasteiger partial charge in [-0.25, -0.2) is 0 Å². The molecule has 2 fully saturated rings. The monoisotopic (exact) mass is 616 g/mol. The number of benzene rings is 3. The van der Waals surface area contributed by atoms with Crippen molar-refractivity contribution in [2.45, 2.75) is 76.3 Å². The summed E-state index contributed by atoms with van der Waals surface area (Å²) < 4.78 is 12.9. The second kappa shape index (κ2) is 16.0. The van der Waals surface area contributed by atoms with Gasteiger partial charge in [0.2, 0.25) is 11.8 Å². The van der Waals surface area contributed by atoms with Crippen LogP contribution < -0.4 is 16.4 Å². The molecule has 0 aromatic heterocycles. The van der Waals surface area contributed by atoms with E-state index in [1.807, 2.05) is 60.7 Å². The summed E-state index contributed by atoms with van der Waals surface area (Å²) in [4.78, 5) is 26.8. The van der Waals surface area contributed by atoms with Crippen molar-refractivity contribution >= 4 is 23.2 Å². The third kappa shape index (κ3) is 9.59. The van der Waals surface area contributed by atoms with Crippen molar-refractivity contribution in [1.29, 1.82) is 0 Å². The predicted octanol–water partition coefficient (Wildman–Crippen LogP) is 4.19. The number of anilines is 2. The maximum atomic E-state index is 12.4. The molecule has 2 aliphatic rings. The molecular formula is C35H44N4O6. The summed E-state index contributed by atoms with van der Waals surface area (Å²) in [7, 11) is 0. The van der Waals surface area contributed by atoms with Gasteiger partial charge in [-0.1, -0.05) is 60.7 Å². The highest BCUT2D eigenvalue weighted by Crippen LogP contribution is 2.38. The first kappa shape index (κ1) is 32.6. The molecule has 3 aromatic rings. The maximum Gasteiger partial charge on any atom is 0.224 e. The molecule has 0 unspecified atom stereocenters. The second-order valence-electron chi connectivity index (χ2n) is 11.9. The van der Waals surface area contributed by atoms with Gasteiger partial charge in [-0.3, -0.25) is 14.5 Å². The highest BCUT2D eigenvalue weighted by molar-refractivity contribution is 5.93. The number of ether oxygens (including phenoxy) is 2. The number of nitrogens with two attached hydrogens (primary N) is 1. The Balaban J connectivity index is 1.09. The topological polar surface area (TPSA) is 146 Å². The van der Waals surface area contributed by atoms with Gasteiger partial charge in [0.15, 0.2) is 6.29 Å². The van der Waals surface area contributed by atoms with E-state index in [1.165, 1.54) is 0 Å². The molecule has 0 aliphatic carbocycles. The van der Waals surface area contributed by atoms with Crippen LogP contribution in [0.4, 0.5) is 11.4 Å². The van der Waals surface area contributed by atoms with Gasteiger partial charge in [0, 0.05) is 51.0 Å². The molecule has 0 bridgehead atoms. The minimum atomic E-state index is -0.557.